The molecule has 1 aliphatic rings. The second-order valence-corrected chi connectivity index (χ2v) is 5.79. The van der Waals surface area contributed by atoms with Crippen LogP contribution < -0.4 is 9.47 Å². The molecule has 0 bridgehead atoms. The van der Waals surface area contributed by atoms with Crippen LogP contribution in [-0.4, -0.2) is 7.11 Å². The number of methoxy groups -OCH3 is 1. The normalized spacial score (nSPS) is 15.9. The van der Waals surface area contributed by atoms with Gasteiger partial charge in [-0.05, 0) is 42.0 Å². The van der Waals surface area contributed by atoms with Gasteiger partial charge >= 0.3 is 0 Å². The first-order valence-electron chi connectivity index (χ1n) is 8.03. The largest absolute Gasteiger partial charge is 0.497 e. The van der Waals surface area contributed by atoms with E-state index in [9.17, 15) is 0 Å². The van der Waals surface area contributed by atoms with E-state index in [4.69, 9.17) is 9.47 Å². The van der Waals surface area contributed by atoms with E-state index in [1.54, 1.807) is 7.11 Å². The molecule has 0 saturated carbocycles. The summed E-state index contributed by atoms with van der Waals surface area (Å²) < 4.78 is 11.4. The first-order chi connectivity index (χ1) is 11.8. The van der Waals surface area contributed by atoms with Crippen LogP contribution in [0.1, 0.15) is 22.6 Å². The second-order valence-electron chi connectivity index (χ2n) is 5.79. The number of allylic oxidation sites excluding steroid dienone is 1. The van der Waals surface area contributed by atoms with E-state index in [1.165, 1.54) is 11.1 Å². The zero-order valence-electron chi connectivity index (χ0n) is 13.5. The Morgan fingerprint density at radius 1 is 0.792 bits per heavy atom. The van der Waals surface area contributed by atoms with E-state index in [0.717, 1.165) is 22.8 Å². The fourth-order valence-electron chi connectivity index (χ4n) is 3.07. The summed E-state index contributed by atoms with van der Waals surface area (Å²) in [5.41, 5.74) is 3.51. The Balaban J connectivity index is 1.79. The van der Waals surface area contributed by atoms with Crippen LogP contribution in [0.25, 0.3) is 5.76 Å². The molecule has 1 heterocycles. The zero-order chi connectivity index (χ0) is 16.4. The molecular formula is C22H18O2. The highest BCUT2D eigenvalue weighted by atomic mass is 16.5. The summed E-state index contributed by atoms with van der Waals surface area (Å²) in [5, 5.41) is 0. The summed E-state index contributed by atoms with van der Waals surface area (Å²) in [6.07, 6.45) is 2.19. The number of hydrogen-bond acceptors (Lipinski definition) is 2. The van der Waals surface area contributed by atoms with Gasteiger partial charge < -0.3 is 9.47 Å². The lowest BCUT2D eigenvalue weighted by Gasteiger charge is -2.25. The average Bonchev–Trinajstić information content (AvgIpc) is 2.68. The van der Waals surface area contributed by atoms with Crippen LogP contribution >= 0.6 is 0 Å². The highest BCUT2D eigenvalue weighted by Crippen LogP contribution is 2.40. The van der Waals surface area contributed by atoms with E-state index in [-0.39, 0.29) is 5.92 Å². The van der Waals surface area contributed by atoms with Crippen molar-refractivity contribution in [2.45, 2.75) is 5.92 Å². The van der Waals surface area contributed by atoms with Crippen molar-refractivity contribution in [2.24, 2.45) is 0 Å². The zero-order valence-corrected chi connectivity index (χ0v) is 13.5. The van der Waals surface area contributed by atoms with Gasteiger partial charge in [-0.25, -0.2) is 0 Å². The second kappa shape index (κ2) is 6.25. The molecule has 0 fully saturated rings. The van der Waals surface area contributed by atoms with Crippen LogP contribution in [0.3, 0.4) is 0 Å². The van der Waals surface area contributed by atoms with Gasteiger partial charge in [0.15, 0.2) is 0 Å². The fraction of sp³-hybridized carbons (Fsp3) is 0.0909. The van der Waals surface area contributed by atoms with Crippen molar-refractivity contribution in [2.75, 3.05) is 7.11 Å². The van der Waals surface area contributed by atoms with Crippen LogP contribution in [0.2, 0.25) is 0 Å². The molecule has 0 saturated heterocycles. The third-order valence-electron chi connectivity index (χ3n) is 4.33. The lowest BCUT2D eigenvalue weighted by Crippen LogP contribution is -2.10. The van der Waals surface area contributed by atoms with Gasteiger partial charge in [0.05, 0.1) is 7.11 Å². The van der Waals surface area contributed by atoms with Gasteiger partial charge in [-0.2, -0.15) is 0 Å². The van der Waals surface area contributed by atoms with E-state index >= 15 is 0 Å². The smallest absolute Gasteiger partial charge is 0.131 e. The topological polar surface area (TPSA) is 18.5 Å². The molecule has 0 aromatic heterocycles. The third kappa shape index (κ3) is 2.67. The van der Waals surface area contributed by atoms with Crippen molar-refractivity contribution in [3.63, 3.8) is 0 Å². The van der Waals surface area contributed by atoms with Crippen LogP contribution in [0, 0.1) is 0 Å². The maximum atomic E-state index is 6.16. The van der Waals surface area contributed by atoms with Gasteiger partial charge in [0.25, 0.3) is 0 Å². The molecule has 118 valence electrons. The molecule has 0 N–H and O–H groups in total. The SMILES string of the molecule is COc1ccc(C2=C[C@H](c3ccccc3)c3ccccc3O2)cc1. The average molecular weight is 314 g/mol. The molecule has 0 unspecified atom stereocenters. The Morgan fingerprint density at radius 2 is 1.50 bits per heavy atom. The summed E-state index contributed by atoms with van der Waals surface area (Å²) in [6.45, 7) is 0. The lowest BCUT2D eigenvalue weighted by molar-refractivity contribution is 0.414. The maximum absolute atomic E-state index is 6.16. The first kappa shape index (κ1) is 14.6. The van der Waals surface area contributed by atoms with Crippen molar-refractivity contribution < 1.29 is 9.47 Å². The Hall–Kier alpha value is -3.00. The van der Waals surface area contributed by atoms with Crippen molar-refractivity contribution in [3.05, 3.63) is 102 Å². The van der Waals surface area contributed by atoms with E-state index < -0.39 is 0 Å². The van der Waals surface area contributed by atoms with Crippen molar-refractivity contribution in [1.29, 1.82) is 0 Å². The predicted molar refractivity (Wildman–Crippen MR) is 96.3 cm³/mol. The summed E-state index contributed by atoms with van der Waals surface area (Å²) >= 11 is 0. The van der Waals surface area contributed by atoms with Crippen LogP contribution in [0.4, 0.5) is 0 Å². The van der Waals surface area contributed by atoms with Gasteiger partial charge in [0, 0.05) is 17.0 Å². The first-order valence-corrected chi connectivity index (χ1v) is 8.03. The minimum absolute atomic E-state index is 0.188. The summed E-state index contributed by atoms with van der Waals surface area (Å²) in [5.74, 6) is 2.83. The molecule has 0 spiro atoms. The molecule has 1 aliphatic heterocycles. The molecule has 0 amide bonds. The van der Waals surface area contributed by atoms with E-state index in [1.807, 2.05) is 42.5 Å². The minimum atomic E-state index is 0.188. The van der Waals surface area contributed by atoms with Gasteiger partial charge in [-0.1, -0.05) is 48.5 Å². The van der Waals surface area contributed by atoms with E-state index in [2.05, 4.69) is 42.5 Å². The molecule has 3 aromatic carbocycles. The highest BCUT2D eigenvalue weighted by molar-refractivity contribution is 5.68. The molecule has 1 atom stereocenters. The Kier molecular flexibility index (Phi) is 3.80. The van der Waals surface area contributed by atoms with Gasteiger partial charge in [-0.3, -0.25) is 0 Å². The Bertz CT molecular complexity index is 864. The fourth-order valence-corrected chi connectivity index (χ4v) is 3.07. The number of fused-ring (bicyclic) bond motifs is 1. The Morgan fingerprint density at radius 3 is 2.25 bits per heavy atom. The maximum Gasteiger partial charge on any atom is 0.131 e. The molecule has 2 nitrogen and oxygen atoms in total. The molecule has 0 radical (unpaired) electrons. The number of ether oxygens (including phenoxy) is 2. The summed E-state index contributed by atoms with van der Waals surface area (Å²) in [7, 11) is 1.67. The third-order valence-corrected chi connectivity index (χ3v) is 4.33. The molecule has 24 heavy (non-hydrogen) atoms. The quantitative estimate of drug-likeness (QED) is 0.656. The van der Waals surface area contributed by atoms with E-state index in [0.29, 0.717) is 0 Å². The van der Waals surface area contributed by atoms with Crippen molar-refractivity contribution in [1.82, 2.24) is 0 Å². The van der Waals surface area contributed by atoms with Crippen molar-refractivity contribution in [3.8, 4) is 11.5 Å². The monoisotopic (exact) mass is 314 g/mol. The predicted octanol–water partition coefficient (Wildman–Crippen LogP) is 5.26. The van der Waals surface area contributed by atoms with Crippen LogP contribution in [0.5, 0.6) is 11.5 Å². The number of rotatable bonds is 3. The summed E-state index contributed by atoms with van der Waals surface area (Å²) in [6, 6.07) is 26.7. The Labute approximate surface area is 142 Å². The van der Waals surface area contributed by atoms with Crippen LogP contribution in [0.15, 0.2) is 84.9 Å². The lowest BCUT2D eigenvalue weighted by atomic mass is 9.88. The molecular weight excluding hydrogens is 296 g/mol. The molecule has 3 aromatic rings. The summed E-state index contributed by atoms with van der Waals surface area (Å²) in [4.78, 5) is 0. The highest BCUT2D eigenvalue weighted by Gasteiger charge is 2.23. The molecule has 4 rings (SSSR count). The molecule has 2 heteroatoms. The number of benzene rings is 3. The van der Waals surface area contributed by atoms with Crippen LogP contribution in [-0.2, 0) is 0 Å². The minimum Gasteiger partial charge on any atom is -0.497 e. The number of para-hydroxylation sites is 1. The van der Waals surface area contributed by atoms with Crippen molar-refractivity contribution >= 4 is 5.76 Å². The van der Waals surface area contributed by atoms with Gasteiger partial charge in [0.2, 0.25) is 0 Å². The standard InChI is InChI=1S/C22H18O2/c1-23-18-13-11-17(12-14-18)22-15-20(16-7-3-2-4-8-16)19-9-5-6-10-21(19)24-22/h2-15,20H,1H3/t20-/m1/s1. The van der Waals surface area contributed by atoms with Gasteiger partial charge in [0.1, 0.15) is 17.3 Å². The van der Waals surface area contributed by atoms with Gasteiger partial charge in [-0.15, -0.1) is 0 Å². The molecule has 0 aliphatic carbocycles. The number of hydrogen-bond donors (Lipinski definition) is 0.